The van der Waals surface area contributed by atoms with Gasteiger partial charge in [0.2, 0.25) is 0 Å². The number of hydrogen-bond acceptors (Lipinski definition) is 8. The Labute approximate surface area is 215 Å². The summed E-state index contributed by atoms with van der Waals surface area (Å²) < 4.78 is 12.4. The molecule has 0 aliphatic carbocycles. The average Bonchev–Trinajstić information content (AvgIpc) is 3.37. The molecule has 0 saturated carbocycles. The second kappa shape index (κ2) is 10.7. The summed E-state index contributed by atoms with van der Waals surface area (Å²) in [6.45, 7) is 8.19. The van der Waals surface area contributed by atoms with Crippen molar-refractivity contribution >= 4 is 16.6 Å². The molecule has 5 rings (SSSR count). The number of nitrogens with one attached hydrogen (secondary N) is 1. The summed E-state index contributed by atoms with van der Waals surface area (Å²) in [6.07, 6.45) is 0. The van der Waals surface area contributed by atoms with Crippen LogP contribution in [0.1, 0.15) is 28.6 Å². The van der Waals surface area contributed by atoms with Crippen molar-refractivity contribution in [3.63, 3.8) is 0 Å². The number of aromatic nitrogens is 5. The van der Waals surface area contributed by atoms with E-state index in [0.29, 0.717) is 24.5 Å². The molecule has 2 aromatic carbocycles. The zero-order valence-electron chi connectivity index (χ0n) is 21.8. The van der Waals surface area contributed by atoms with Crippen molar-refractivity contribution in [2.75, 3.05) is 51.9 Å². The van der Waals surface area contributed by atoms with Crippen LogP contribution < -0.4 is 15.2 Å². The molecule has 2 aromatic heterocycles. The van der Waals surface area contributed by atoms with E-state index >= 15 is 0 Å². The molecule has 1 aliphatic rings. The highest BCUT2D eigenvalue weighted by Gasteiger charge is 2.32. The Balaban J connectivity index is 1.51. The van der Waals surface area contributed by atoms with Gasteiger partial charge in [-0.25, -0.2) is 4.68 Å². The van der Waals surface area contributed by atoms with Gasteiger partial charge in [0.25, 0.3) is 5.56 Å². The smallest absolute Gasteiger partial charge is 0.253 e. The first-order valence-corrected chi connectivity index (χ1v) is 12.5. The Kier molecular flexibility index (Phi) is 7.20. The van der Waals surface area contributed by atoms with Gasteiger partial charge in [-0.1, -0.05) is 6.07 Å². The average molecular weight is 504 g/mol. The summed E-state index contributed by atoms with van der Waals surface area (Å²) in [7, 11) is 3.33. The minimum atomic E-state index is -0.394. The predicted octanol–water partition coefficient (Wildman–Crippen LogP) is 2.70. The number of rotatable bonds is 8. The lowest BCUT2D eigenvalue weighted by molar-refractivity contribution is 0.171. The van der Waals surface area contributed by atoms with Gasteiger partial charge in [0.15, 0.2) is 5.82 Å². The maximum Gasteiger partial charge on any atom is 0.253 e. The zero-order valence-corrected chi connectivity index (χ0v) is 21.8. The summed E-state index contributed by atoms with van der Waals surface area (Å²) in [5.41, 5.74) is 4.78. The van der Waals surface area contributed by atoms with Crippen LogP contribution in [0.4, 0.5) is 5.69 Å². The van der Waals surface area contributed by atoms with E-state index in [1.54, 1.807) is 18.9 Å². The number of tetrazole rings is 1. The molecule has 10 nitrogen and oxygen atoms in total. The number of nitrogens with zero attached hydrogens (tertiary/aromatic N) is 6. The van der Waals surface area contributed by atoms with Crippen LogP contribution in [0.25, 0.3) is 10.9 Å². The number of aryl methyl sites for hydroxylation is 2. The summed E-state index contributed by atoms with van der Waals surface area (Å²) >= 11 is 0. The van der Waals surface area contributed by atoms with E-state index in [0.717, 1.165) is 54.1 Å². The fourth-order valence-electron chi connectivity index (χ4n) is 4.99. The third-order valence-corrected chi connectivity index (χ3v) is 7.19. The highest BCUT2D eigenvalue weighted by molar-refractivity contribution is 5.81. The molecule has 0 radical (unpaired) electrons. The molecule has 1 aliphatic heterocycles. The van der Waals surface area contributed by atoms with Crippen LogP contribution in [0.2, 0.25) is 0 Å². The van der Waals surface area contributed by atoms with Crippen molar-refractivity contribution in [1.29, 1.82) is 0 Å². The van der Waals surface area contributed by atoms with Gasteiger partial charge in [0.05, 0.1) is 20.3 Å². The fourth-order valence-corrected chi connectivity index (χ4v) is 4.99. The van der Waals surface area contributed by atoms with Crippen LogP contribution >= 0.6 is 0 Å². The SMILES string of the molecule is COCCn1nnnc1C(c1cc2cc(C)c(C)cc2[nH]c1=O)N1CCN(c2cccc(OC)c2)CC1. The summed E-state index contributed by atoms with van der Waals surface area (Å²) in [5, 5.41) is 13.6. The molecule has 1 N–H and O–H groups in total. The molecule has 1 saturated heterocycles. The van der Waals surface area contributed by atoms with E-state index in [4.69, 9.17) is 9.47 Å². The van der Waals surface area contributed by atoms with E-state index in [1.165, 1.54) is 5.56 Å². The van der Waals surface area contributed by atoms with E-state index in [2.05, 4.69) is 62.4 Å². The topological polar surface area (TPSA) is 101 Å². The van der Waals surface area contributed by atoms with Gasteiger partial charge >= 0.3 is 0 Å². The molecule has 10 heteroatoms. The lowest BCUT2D eigenvalue weighted by Crippen LogP contribution is -2.49. The summed E-state index contributed by atoms with van der Waals surface area (Å²) in [6, 6.07) is 13.9. The monoisotopic (exact) mass is 503 g/mol. The van der Waals surface area contributed by atoms with Gasteiger partial charge < -0.3 is 19.4 Å². The highest BCUT2D eigenvalue weighted by Crippen LogP contribution is 2.30. The number of ether oxygens (including phenoxy) is 2. The van der Waals surface area contributed by atoms with Gasteiger partial charge in [-0.3, -0.25) is 9.69 Å². The lowest BCUT2D eigenvalue weighted by Gasteiger charge is -2.39. The van der Waals surface area contributed by atoms with Crippen molar-refractivity contribution in [3.05, 3.63) is 75.3 Å². The van der Waals surface area contributed by atoms with Crippen molar-refractivity contribution in [3.8, 4) is 5.75 Å². The van der Waals surface area contributed by atoms with Crippen LogP contribution in [0, 0.1) is 13.8 Å². The molecule has 37 heavy (non-hydrogen) atoms. The molecular weight excluding hydrogens is 470 g/mol. The number of hydrogen-bond donors (Lipinski definition) is 1. The van der Waals surface area contributed by atoms with Gasteiger partial charge in [-0.15, -0.1) is 5.10 Å². The number of piperazine rings is 1. The number of pyridine rings is 1. The Bertz CT molecular complexity index is 1440. The van der Waals surface area contributed by atoms with Crippen molar-refractivity contribution < 1.29 is 9.47 Å². The first-order chi connectivity index (χ1) is 18.0. The van der Waals surface area contributed by atoms with Crippen LogP contribution in [0.3, 0.4) is 0 Å². The van der Waals surface area contributed by atoms with Gasteiger partial charge in [0, 0.05) is 56.1 Å². The molecule has 194 valence electrons. The third kappa shape index (κ3) is 5.07. The molecular formula is C27H33N7O3. The highest BCUT2D eigenvalue weighted by atomic mass is 16.5. The Morgan fingerprint density at radius 1 is 1.03 bits per heavy atom. The summed E-state index contributed by atoms with van der Waals surface area (Å²) in [5.74, 6) is 1.48. The van der Waals surface area contributed by atoms with E-state index < -0.39 is 6.04 Å². The maximum atomic E-state index is 13.5. The van der Waals surface area contributed by atoms with Crippen LogP contribution in [0.15, 0.2) is 47.3 Å². The zero-order chi connectivity index (χ0) is 25.9. The second-order valence-corrected chi connectivity index (χ2v) is 9.46. The Morgan fingerprint density at radius 2 is 1.81 bits per heavy atom. The first-order valence-electron chi connectivity index (χ1n) is 12.5. The molecule has 1 fully saturated rings. The minimum absolute atomic E-state index is 0.128. The van der Waals surface area contributed by atoms with Crippen molar-refractivity contribution in [2.24, 2.45) is 0 Å². The predicted molar refractivity (Wildman–Crippen MR) is 142 cm³/mol. The number of aromatic amines is 1. The molecule has 3 heterocycles. The van der Waals surface area contributed by atoms with E-state index in [1.807, 2.05) is 24.3 Å². The number of anilines is 1. The number of H-pyrrole nitrogens is 1. The fraction of sp³-hybridized carbons (Fsp3) is 0.407. The van der Waals surface area contributed by atoms with Crippen LogP contribution in [-0.2, 0) is 11.3 Å². The molecule has 0 bridgehead atoms. The normalized spacial score (nSPS) is 15.3. The first kappa shape index (κ1) is 24.9. The maximum absolute atomic E-state index is 13.5. The van der Waals surface area contributed by atoms with Gasteiger partial charge in [0.1, 0.15) is 11.8 Å². The third-order valence-electron chi connectivity index (χ3n) is 7.19. The molecule has 1 unspecified atom stereocenters. The van der Waals surface area contributed by atoms with Gasteiger partial charge in [-0.05, 0) is 71.1 Å². The number of fused-ring (bicyclic) bond motifs is 1. The van der Waals surface area contributed by atoms with Crippen molar-refractivity contribution in [2.45, 2.75) is 26.4 Å². The summed E-state index contributed by atoms with van der Waals surface area (Å²) in [4.78, 5) is 21.2. The van der Waals surface area contributed by atoms with Gasteiger partial charge in [-0.2, -0.15) is 0 Å². The Hall–Kier alpha value is -3.76. The van der Waals surface area contributed by atoms with E-state index in [9.17, 15) is 4.79 Å². The number of benzene rings is 2. The quantitative estimate of drug-likeness (QED) is 0.392. The second-order valence-electron chi connectivity index (χ2n) is 9.46. The minimum Gasteiger partial charge on any atom is -0.497 e. The molecule has 4 aromatic rings. The molecule has 1 atom stereocenters. The lowest BCUT2D eigenvalue weighted by atomic mass is 10.00. The number of methoxy groups -OCH3 is 2. The van der Waals surface area contributed by atoms with Crippen LogP contribution in [-0.4, -0.2) is 77.1 Å². The largest absolute Gasteiger partial charge is 0.497 e. The molecule has 0 spiro atoms. The van der Waals surface area contributed by atoms with E-state index in [-0.39, 0.29) is 5.56 Å². The Morgan fingerprint density at radius 3 is 2.57 bits per heavy atom. The molecule has 0 amide bonds. The van der Waals surface area contributed by atoms with Crippen LogP contribution in [0.5, 0.6) is 5.75 Å². The standard InChI is InChI=1S/C27H33N7O3/c1-18-14-20-16-23(27(35)28-24(20)15-19(18)2)25(26-29-30-31-34(26)12-13-36-3)33-10-8-32(9-11-33)21-6-5-7-22(17-21)37-4/h5-7,14-17,25H,8-13H2,1-4H3,(H,28,35). The van der Waals surface area contributed by atoms with Crippen molar-refractivity contribution in [1.82, 2.24) is 30.1 Å².